The lowest BCUT2D eigenvalue weighted by Crippen LogP contribution is -2.21. The van der Waals surface area contributed by atoms with Gasteiger partial charge in [0.05, 0.1) is 18.6 Å². The summed E-state index contributed by atoms with van der Waals surface area (Å²) in [4.78, 5) is 28.8. The molecule has 0 radical (unpaired) electrons. The molecule has 152 valence electrons. The molecular formula is C20H23N5O3S. The molecule has 8 nitrogen and oxygen atoms in total. The van der Waals surface area contributed by atoms with E-state index in [0.717, 1.165) is 37.5 Å². The molecular weight excluding hydrogens is 390 g/mol. The van der Waals surface area contributed by atoms with Crippen molar-refractivity contribution >= 4 is 34.3 Å². The van der Waals surface area contributed by atoms with Gasteiger partial charge < -0.3 is 14.6 Å². The lowest BCUT2D eigenvalue weighted by Gasteiger charge is -2.09. The van der Waals surface area contributed by atoms with Crippen LogP contribution in [0.2, 0.25) is 0 Å². The highest BCUT2D eigenvalue weighted by Crippen LogP contribution is 2.28. The van der Waals surface area contributed by atoms with Gasteiger partial charge in [-0.2, -0.15) is 0 Å². The Bertz CT molecular complexity index is 938. The topological polar surface area (TPSA) is 98.5 Å². The molecule has 0 fully saturated rings. The van der Waals surface area contributed by atoms with E-state index in [9.17, 15) is 9.59 Å². The van der Waals surface area contributed by atoms with Gasteiger partial charge in [0, 0.05) is 25.1 Å². The van der Waals surface area contributed by atoms with E-state index in [2.05, 4.69) is 25.1 Å². The summed E-state index contributed by atoms with van der Waals surface area (Å²) in [5.74, 6) is 2.11. The molecule has 1 aromatic carbocycles. The van der Waals surface area contributed by atoms with E-state index in [1.54, 1.807) is 31.4 Å². The number of carbonyl (C=O) groups excluding carboxylic acids is 2. The number of nitrogens with zero attached hydrogens (tertiary/aromatic N) is 4. The van der Waals surface area contributed by atoms with Crippen LogP contribution in [0.3, 0.4) is 0 Å². The molecule has 29 heavy (non-hydrogen) atoms. The van der Waals surface area contributed by atoms with Crippen molar-refractivity contribution in [2.75, 3.05) is 12.4 Å². The summed E-state index contributed by atoms with van der Waals surface area (Å²) in [6.45, 7) is 0.914. The number of fused-ring (bicyclic) bond motifs is 1. The van der Waals surface area contributed by atoms with E-state index < -0.39 is 5.25 Å². The monoisotopic (exact) mass is 413 g/mol. The maximum absolute atomic E-state index is 12.3. The third-order valence-corrected chi connectivity index (χ3v) is 6.19. The van der Waals surface area contributed by atoms with E-state index in [4.69, 9.17) is 4.74 Å². The lowest BCUT2D eigenvalue weighted by atomic mass is 10.2. The van der Waals surface area contributed by atoms with Gasteiger partial charge in [0.1, 0.15) is 22.6 Å². The predicted octanol–water partition coefficient (Wildman–Crippen LogP) is 2.62. The molecule has 9 heteroatoms. The van der Waals surface area contributed by atoms with Crippen LogP contribution in [0.4, 0.5) is 5.69 Å². The first-order valence-electron chi connectivity index (χ1n) is 9.75. The number of hydrogen-bond donors (Lipinski definition) is 1. The van der Waals surface area contributed by atoms with Crippen LogP contribution in [0.15, 0.2) is 29.3 Å². The van der Waals surface area contributed by atoms with Crippen molar-refractivity contribution in [3.63, 3.8) is 0 Å². The Balaban J connectivity index is 1.33. The molecule has 1 N–H and O–H groups in total. The molecule has 0 saturated heterocycles. The minimum Gasteiger partial charge on any atom is -0.497 e. The molecule has 2 aliphatic rings. The summed E-state index contributed by atoms with van der Waals surface area (Å²) in [5, 5.41) is 11.6. The molecule has 0 saturated carbocycles. The van der Waals surface area contributed by atoms with Crippen molar-refractivity contribution in [3.8, 4) is 5.75 Å². The zero-order chi connectivity index (χ0) is 20.2. The van der Waals surface area contributed by atoms with Gasteiger partial charge in [-0.3, -0.25) is 9.59 Å². The second kappa shape index (κ2) is 8.77. The first-order valence-corrected chi connectivity index (χ1v) is 10.6. The number of aromatic nitrogens is 3. The highest BCUT2D eigenvalue weighted by atomic mass is 32.2. The fourth-order valence-corrected chi connectivity index (χ4v) is 4.58. The highest BCUT2D eigenvalue weighted by molar-refractivity contribution is 8.15. The van der Waals surface area contributed by atoms with Gasteiger partial charge in [0.15, 0.2) is 0 Å². The van der Waals surface area contributed by atoms with Crippen molar-refractivity contribution in [2.24, 2.45) is 4.99 Å². The Labute approximate surface area is 173 Å². The lowest BCUT2D eigenvalue weighted by molar-refractivity contribution is -0.121. The van der Waals surface area contributed by atoms with Gasteiger partial charge in [-0.15, -0.1) is 10.2 Å². The van der Waals surface area contributed by atoms with Gasteiger partial charge in [-0.1, -0.05) is 18.2 Å². The Morgan fingerprint density at radius 1 is 1.24 bits per heavy atom. The number of amides is 2. The Morgan fingerprint density at radius 3 is 2.86 bits per heavy atom. The number of anilines is 1. The number of aryl methyl sites for hydroxylation is 1. The van der Waals surface area contributed by atoms with Crippen LogP contribution in [-0.2, 0) is 29.0 Å². The third-order valence-electron chi connectivity index (χ3n) is 5.03. The molecule has 0 aliphatic carbocycles. The number of rotatable bonds is 6. The smallest absolute Gasteiger partial charge is 0.260 e. The molecule has 2 aliphatic heterocycles. The highest BCUT2D eigenvalue weighted by Gasteiger charge is 2.31. The average Bonchev–Trinajstić information content (AvgIpc) is 3.15. The predicted molar refractivity (Wildman–Crippen MR) is 111 cm³/mol. The Morgan fingerprint density at radius 2 is 2.07 bits per heavy atom. The second-order valence-corrected chi connectivity index (χ2v) is 8.38. The summed E-state index contributed by atoms with van der Waals surface area (Å²) in [6.07, 6.45) is 4.96. The number of nitrogens with one attached hydrogen (secondary N) is 1. The Kier molecular flexibility index (Phi) is 5.94. The third kappa shape index (κ3) is 4.67. The number of aliphatic imine (C=N–C) groups is 1. The fourth-order valence-electron chi connectivity index (χ4n) is 3.51. The van der Waals surface area contributed by atoms with Crippen LogP contribution in [-0.4, -0.2) is 44.0 Å². The normalized spacial score (nSPS) is 18.7. The van der Waals surface area contributed by atoms with Gasteiger partial charge in [-0.05, 0) is 37.1 Å². The number of methoxy groups -OCH3 is 1. The van der Waals surface area contributed by atoms with E-state index in [1.807, 2.05) is 0 Å². The summed E-state index contributed by atoms with van der Waals surface area (Å²) in [5.41, 5.74) is 0.665. The van der Waals surface area contributed by atoms with Crippen LogP contribution in [0.25, 0.3) is 0 Å². The minimum atomic E-state index is -0.491. The number of thioether (sulfide) groups is 1. The largest absolute Gasteiger partial charge is 0.497 e. The number of benzene rings is 1. The van der Waals surface area contributed by atoms with Crippen LogP contribution in [0.5, 0.6) is 5.75 Å². The maximum atomic E-state index is 12.3. The van der Waals surface area contributed by atoms with Crippen molar-refractivity contribution in [1.82, 2.24) is 14.8 Å². The molecule has 3 heterocycles. The summed E-state index contributed by atoms with van der Waals surface area (Å²) in [7, 11) is 1.59. The zero-order valence-corrected chi connectivity index (χ0v) is 17.1. The van der Waals surface area contributed by atoms with E-state index in [0.29, 0.717) is 22.9 Å². The second-order valence-electron chi connectivity index (χ2n) is 7.10. The van der Waals surface area contributed by atoms with E-state index >= 15 is 0 Å². The van der Waals surface area contributed by atoms with Crippen LogP contribution in [0, 0.1) is 0 Å². The van der Waals surface area contributed by atoms with Gasteiger partial charge in [-0.25, -0.2) is 4.99 Å². The molecule has 0 bridgehead atoms. The quantitative estimate of drug-likeness (QED) is 0.782. The van der Waals surface area contributed by atoms with E-state index in [1.165, 1.54) is 18.2 Å². The van der Waals surface area contributed by atoms with Gasteiger partial charge in [0.25, 0.3) is 5.91 Å². The summed E-state index contributed by atoms with van der Waals surface area (Å²) < 4.78 is 7.26. The molecule has 0 unspecified atom stereocenters. The summed E-state index contributed by atoms with van der Waals surface area (Å²) >= 11 is 1.36. The van der Waals surface area contributed by atoms with Crippen LogP contribution in [0.1, 0.15) is 37.3 Å². The van der Waals surface area contributed by atoms with Gasteiger partial charge >= 0.3 is 0 Å². The van der Waals surface area contributed by atoms with Crippen molar-refractivity contribution in [2.45, 2.75) is 50.3 Å². The standard InChI is InChI=1S/C20H23N5O3S/c1-28-14-8-6-13(7-9-14)21-18(26)11-15-20(27)22-19(29-15)12-17-24-23-16-5-3-2-4-10-25(16)17/h6-9,15H,2-5,10-12H2,1H3,(H,21,26)/t15-/m0/s1. The number of carbonyl (C=O) groups is 2. The maximum Gasteiger partial charge on any atom is 0.260 e. The van der Waals surface area contributed by atoms with E-state index in [-0.39, 0.29) is 18.2 Å². The SMILES string of the molecule is COc1ccc(NC(=O)C[C@@H]2SC(Cc3nnc4n3CCCCC4)=NC2=O)cc1. The first-order chi connectivity index (χ1) is 14.1. The average molecular weight is 414 g/mol. The van der Waals surface area contributed by atoms with Gasteiger partial charge in [0.2, 0.25) is 5.91 Å². The van der Waals surface area contributed by atoms with Crippen LogP contribution < -0.4 is 10.1 Å². The molecule has 4 rings (SSSR count). The summed E-state index contributed by atoms with van der Waals surface area (Å²) in [6, 6.07) is 7.07. The molecule has 1 atom stereocenters. The Hall–Kier alpha value is -2.68. The molecule has 1 aromatic heterocycles. The fraction of sp³-hybridized carbons (Fsp3) is 0.450. The molecule has 0 spiro atoms. The number of hydrogen-bond acceptors (Lipinski definition) is 6. The van der Waals surface area contributed by atoms with Crippen molar-refractivity contribution < 1.29 is 14.3 Å². The van der Waals surface area contributed by atoms with Crippen molar-refractivity contribution in [3.05, 3.63) is 35.9 Å². The zero-order valence-electron chi connectivity index (χ0n) is 16.3. The van der Waals surface area contributed by atoms with Crippen LogP contribution >= 0.6 is 11.8 Å². The minimum absolute atomic E-state index is 0.0838. The first kappa shape index (κ1) is 19.6. The molecule has 2 aromatic rings. The molecule has 2 amide bonds. The number of ether oxygens (including phenoxy) is 1. The van der Waals surface area contributed by atoms with Crippen molar-refractivity contribution in [1.29, 1.82) is 0 Å².